The van der Waals surface area contributed by atoms with Crippen LogP contribution in [0.25, 0.3) is 0 Å². The molecule has 0 aliphatic heterocycles. The lowest BCUT2D eigenvalue weighted by molar-refractivity contribution is -0.141. The van der Waals surface area contributed by atoms with Crippen LogP contribution in [0, 0.1) is 18.3 Å². The quantitative estimate of drug-likeness (QED) is 0.508. The number of likely N-dealkylation sites (N-methyl/N-ethyl adjacent to an activating group) is 1. The van der Waals surface area contributed by atoms with Crippen LogP contribution in [0.5, 0.6) is 0 Å². The Morgan fingerprint density at radius 3 is 2.17 bits per heavy atom. The zero-order chi connectivity index (χ0) is 26.9. The van der Waals surface area contributed by atoms with Crippen molar-refractivity contribution in [3.05, 3.63) is 71.3 Å². The first-order valence-electron chi connectivity index (χ1n) is 12.1. The third kappa shape index (κ3) is 8.77. The molecule has 0 heterocycles. The van der Waals surface area contributed by atoms with E-state index in [1.165, 1.54) is 4.90 Å². The van der Waals surface area contributed by atoms with E-state index in [4.69, 9.17) is 11.2 Å². The van der Waals surface area contributed by atoms with Gasteiger partial charge in [0.1, 0.15) is 17.7 Å². The Kier molecular flexibility index (Phi) is 10.1. The molecular formula is C29H37N3O4. The number of alkyl carbamates (subject to hydrolysis) is 1. The summed E-state index contributed by atoms with van der Waals surface area (Å²) in [6.07, 6.45) is 5.19. The van der Waals surface area contributed by atoms with Gasteiger partial charge in [-0.05, 0) is 56.4 Å². The maximum Gasteiger partial charge on any atom is 0.408 e. The molecule has 2 rings (SSSR count). The molecule has 7 heteroatoms. The summed E-state index contributed by atoms with van der Waals surface area (Å²) in [5.41, 5.74) is 1.50. The van der Waals surface area contributed by atoms with Crippen molar-refractivity contribution in [2.75, 3.05) is 7.05 Å². The van der Waals surface area contributed by atoms with E-state index in [1.807, 2.05) is 44.2 Å². The van der Waals surface area contributed by atoms with Gasteiger partial charge in [-0.3, -0.25) is 9.59 Å². The maximum absolute atomic E-state index is 13.6. The van der Waals surface area contributed by atoms with Gasteiger partial charge in [0.25, 0.3) is 0 Å². The van der Waals surface area contributed by atoms with Crippen molar-refractivity contribution in [3.8, 4) is 12.3 Å². The molecule has 0 radical (unpaired) electrons. The van der Waals surface area contributed by atoms with Crippen molar-refractivity contribution in [1.82, 2.24) is 15.5 Å². The average Bonchev–Trinajstić information content (AvgIpc) is 2.81. The van der Waals surface area contributed by atoms with Gasteiger partial charge in [0.2, 0.25) is 11.8 Å². The molecule has 0 aliphatic rings. The second-order valence-corrected chi connectivity index (χ2v) is 10.1. The molecule has 7 nitrogen and oxygen atoms in total. The lowest BCUT2D eigenvalue weighted by Crippen LogP contribution is -2.52. The van der Waals surface area contributed by atoms with E-state index in [1.54, 1.807) is 52.1 Å². The first kappa shape index (κ1) is 28.4. The molecule has 0 fully saturated rings. The van der Waals surface area contributed by atoms with Crippen molar-refractivity contribution in [3.63, 3.8) is 0 Å². The van der Waals surface area contributed by atoms with E-state index < -0.39 is 29.7 Å². The predicted molar refractivity (Wildman–Crippen MR) is 141 cm³/mol. The van der Waals surface area contributed by atoms with Crippen LogP contribution in [0.15, 0.2) is 54.6 Å². The number of amides is 3. The van der Waals surface area contributed by atoms with Gasteiger partial charge in [0, 0.05) is 19.2 Å². The Labute approximate surface area is 214 Å². The van der Waals surface area contributed by atoms with Crippen LogP contribution < -0.4 is 10.6 Å². The molecule has 0 aromatic heterocycles. The number of carbonyl (C=O) groups excluding carboxylic acids is 3. The predicted octanol–water partition coefficient (Wildman–Crippen LogP) is 4.42. The van der Waals surface area contributed by atoms with E-state index in [2.05, 4.69) is 16.6 Å². The lowest BCUT2D eigenvalue weighted by atomic mass is 9.99. The number of terminal acetylenes is 1. The molecule has 0 spiro atoms. The third-order valence-electron chi connectivity index (χ3n) is 5.38. The highest BCUT2D eigenvalue weighted by atomic mass is 16.6. The van der Waals surface area contributed by atoms with Gasteiger partial charge < -0.3 is 20.3 Å². The molecule has 36 heavy (non-hydrogen) atoms. The van der Waals surface area contributed by atoms with Crippen molar-refractivity contribution < 1.29 is 19.1 Å². The maximum atomic E-state index is 13.6. The zero-order valence-corrected chi connectivity index (χ0v) is 22.0. The largest absolute Gasteiger partial charge is 0.444 e. The van der Waals surface area contributed by atoms with Crippen LogP contribution in [0.3, 0.4) is 0 Å². The molecule has 2 aromatic rings. The standard InChI is InChI=1S/C29H37N3O4/c1-8-21-14-16-23(17-15-21)25(26(33)30-19-22-12-10-9-11-13-22)32(7)27(34)24(18-20(2)3)31-28(35)36-29(4,5)6/h1,9-17,20,24-25H,18-19H2,2-7H3,(H,30,33)(H,31,35). The molecule has 0 saturated carbocycles. The van der Waals surface area contributed by atoms with E-state index in [9.17, 15) is 14.4 Å². The normalized spacial score (nSPS) is 12.7. The van der Waals surface area contributed by atoms with Gasteiger partial charge in [-0.2, -0.15) is 0 Å². The number of hydrogen-bond donors (Lipinski definition) is 2. The summed E-state index contributed by atoms with van der Waals surface area (Å²) < 4.78 is 5.37. The fraction of sp³-hybridized carbons (Fsp3) is 0.414. The highest BCUT2D eigenvalue weighted by molar-refractivity contribution is 5.92. The van der Waals surface area contributed by atoms with E-state index in [-0.39, 0.29) is 11.8 Å². The van der Waals surface area contributed by atoms with Gasteiger partial charge in [-0.25, -0.2) is 4.79 Å². The minimum absolute atomic E-state index is 0.113. The van der Waals surface area contributed by atoms with E-state index in [0.29, 0.717) is 24.1 Å². The summed E-state index contributed by atoms with van der Waals surface area (Å²) in [4.78, 5) is 40.9. The number of rotatable bonds is 9. The van der Waals surface area contributed by atoms with Crippen molar-refractivity contribution in [1.29, 1.82) is 0 Å². The average molecular weight is 492 g/mol. The molecular weight excluding hydrogens is 454 g/mol. The van der Waals surface area contributed by atoms with Crippen molar-refractivity contribution >= 4 is 17.9 Å². The van der Waals surface area contributed by atoms with Crippen LogP contribution in [0.1, 0.15) is 63.8 Å². The number of nitrogens with one attached hydrogen (secondary N) is 2. The number of nitrogens with zero attached hydrogens (tertiary/aromatic N) is 1. The van der Waals surface area contributed by atoms with Gasteiger partial charge >= 0.3 is 6.09 Å². The molecule has 0 aliphatic carbocycles. The molecule has 2 atom stereocenters. The van der Waals surface area contributed by atoms with Gasteiger partial charge in [-0.15, -0.1) is 6.42 Å². The number of ether oxygens (including phenoxy) is 1. The monoisotopic (exact) mass is 491 g/mol. The molecule has 0 bridgehead atoms. The molecule has 2 unspecified atom stereocenters. The van der Waals surface area contributed by atoms with E-state index in [0.717, 1.165) is 5.56 Å². The van der Waals surface area contributed by atoms with Crippen LogP contribution in [0.2, 0.25) is 0 Å². The Hall–Kier alpha value is -3.79. The first-order valence-corrected chi connectivity index (χ1v) is 12.1. The van der Waals surface area contributed by atoms with E-state index >= 15 is 0 Å². The van der Waals surface area contributed by atoms with Crippen LogP contribution in [-0.4, -0.2) is 41.5 Å². The summed E-state index contributed by atoms with van der Waals surface area (Å²) in [7, 11) is 1.56. The summed E-state index contributed by atoms with van der Waals surface area (Å²) >= 11 is 0. The van der Waals surface area contributed by atoms with Crippen LogP contribution in [0.4, 0.5) is 4.79 Å². The van der Waals surface area contributed by atoms with Gasteiger partial charge in [-0.1, -0.05) is 62.2 Å². The topological polar surface area (TPSA) is 87.7 Å². The summed E-state index contributed by atoms with van der Waals surface area (Å²) in [6.45, 7) is 9.49. The van der Waals surface area contributed by atoms with Gasteiger partial charge in [0.05, 0.1) is 0 Å². The third-order valence-corrected chi connectivity index (χ3v) is 5.38. The lowest BCUT2D eigenvalue weighted by Gasteiger charge is -2.32. The fourth-order valence-electron chi connectivity index (χ4n) is 3.71. The van der Waals surface area contributed by atoms with Crippen molar-refractivity contribution in [2.45, 2.75) is 65.3 Å². The molecule has 0 saturated heterocycles. The molecule has 2 aromatic carbocycles. The number of benzene rings is 2. The zero-order valence-electron chi connectivity index (χ0n) is 22.0. The number of carbonyl (C=O) groups is 3. The Balaban J connectivity index is 2.32. The van der Waals surface area contributed by atoms with Gasteiger partial charge in [0.15, 0.2) is 0 Å². The minimum Gasteiger partial charge on any atom is -0.444 e. The van der Waals surface area contributed by atoms with Crippen LogP contribution >= 0.6 is 0 Å². The minimum atomic E-state index is -0.928. The molecule has 3 amide bonds. The molecule has 2 N–H and O–H groups in total. The smallest absolute Gasteiger partial charge is 0.408 e. The second-order valence-electron chi connectivity index (χ2n) is 10.1. The number of hydrogen-bond acceptors (Lipinski definition) is 4. The SMILES string of the molecule is C#Cc1ccc(C(C(=O)NCc2ccccc2)N(C)C(=O)C(CC(C)C)NC(=O)OC(C)(C)C)cc1. The highest BCUT2D eigenvalue weighted by Crippen LogP contribution is 2.23. The van der Waals surface area contributed by atoms with Crippen molar-refractivity contribution in [2.24, 2.45) is 5.92 Å². The molecule has 192 valence electrons. The Bertz CT molecular complexity index is 1070. The summed E-state index contributed by atoms with van der Waals surface area (Å²) in [5.74, 6) is 1.94. The second kappa shape index (κ2) is 12.8. The fourth-order valence-corrected chi connectivity index (χ4v) is 3.71. The summed E-state index contributed by atoms with van der Waals surface area (Å²) in [5, 5.41) is 5.62. The first-order chi connectivity index (χ1) is 16.9. The highest BCUT2D eigenvalue weighted by Gasteiger charge is 2.34. The van der Waals surface area contributed by atoms with Crippen LogP contribution in [-0.2, 0) is 20.9 Å². The Morgan fingerprint density at radius 1 is 1.03 bits per heavy atom. The summed E-state index contributed by atoms with van der Waals surface area (Å²) in [6, 6.07) is 14.7. The Morgan fingerprint density at radius 2 is 1.64 bits per heavy atom.